The SMILES string of the molecule is COC(=O)c1ccc2nc(Cc3ccc(-c4ccc(F)c(OCc5ccc(Cl)cc5F)c4)cc3F)n(C[C@@H]3CCCN3)c2c1. The van der Waals surface area contributed by atoms with E-state index in [9.17, 15) is 13.6 Å². The maximum Gasteiger partial charge on any atom is 0.337 e. The van der Waals surface area contributed by atoms with Crippen molar-refractivity contribution < 1.29 is 27.4 Å². The van der Waals surface area contributed by atoms with E-state index in [-0.39, 0.29) is 35.4 Å². The maximum atomic E-state index is 15.6. The third-order valence-corrected chi connectivity index (χ3v) is 8.11. The van der Waals surface area contributed by atoms with E-state index in [1.807, 2.05) is 4.57 Å². The van der Waals surface area contributed by atoms with Gasteiger partial charge in [-0.3, -0.25) is 0 Å². The van der Waals surface area contributed by atoms with Gasteiger partial charge in [-0.25, -0.2) is 22.9 Å². The summed E-state index contributed by atoms with van der Waals surface area (Å²) in [5, 5.41) is 3.74. The second-order valence-electron chi connectivity index (χ2n) is 10.8. The molecular weight excluding hydrogens is 591 g/mol. The van der Waals surface area contributed by atoms with Crippen LogP contribution in [0.1, 0.15) is 40.2 Å². The van der Waals surface area contributed by atoms with Crippen LogP contribution in [0.15, 0.2) is 72.8 Å². The van der Waals surface area contributed by atoms with Crippen molar-refractivity contribution in [3.05, 3.63) is 118 Å². The largest absolute Gasteiger partial charge is 0.486 e. The summed E-state index contributed by atoms with van der Waals surface area (Å²) in [6.45, 7) is 1.37. The zero-order valence-electron chi connectivity index (χ0n) is 23.9. The smallest absolute Gasteiger partial charge is 0.337 e. The van der Waals surface area contributed by atoms with Crippen LogP contribution in [0.3, 0.4) is 0 Å². The molecule has 0 unspecified atom stereocenters. The molecule has 6 nitrogen and oxygen atoms in total. The number of aromatic nitrogens is 2. The van der Waals surface area contributed by atoms with E-state index >= 15 is 4.39 Å². The number of halogens is 4. The van der Waals surface area contributed by atoms with Crippen molar-refractivity contribution in [3.63, 3.8) is 0 Å². The Kier molecular flexibility index (Phi) is 8.59. The van der Waals surface area contributed by atoms with Crippen molar-refractivity contribution in [2.24, 2.45) is 0 Å². The first-order chi connectivity index (χ1) is 21.3. The lowest BCUT2D eigenvalue weighted by Crippen LogP contribution is -2.27. The van der Waals surface area contributed by atoms with E-state index in [1.54, 1.807) is 30.3 Å². The van der Waals surface area contributed by atoms with Crippen LogP contribution in [0.4, 0.5) is 13.2 Å². The first kappa shape index (κ1) is 29.7. The molecule has 4 aromatic carbocycles. The predicted molar refractivity (Wildman–Crippen MR) is 162 cm³/mol. The first-order valence-corrected chi connectivity index (χ1v) is 14.6. The molecule has 0 spiro atoms. The molecule has 44 heavy (non-hydrogen) atoms. The van der Waals surface area contributed by atoms with Crippen LogP contribution in [0.2, 0.25) is 5.02 Å². The molecule has 0 amide bonds. The van der Waals surface area contributed by atoms with Gasteiger partial charge >= 0.3 is 5.97 Å². The Labute approximate surface area is 257 Å². The Morgan fingerprint density at radius 3 is 2.48 bits per heavy atom. The van der Waals surface area contributed by atoms with E-state index in [2.05, 4.69) is 5.32 Å². The fourth-order valence-corrected chi connectivity index (χ4v) is 5.68. The lowest BCUT2D eigenvalue weighted by molar-refractivity contribution is 0.0601. The van der Waals surface area contributed by atoms with Crippen LogP contribution in [-0.4, -0.2) is 35.2 Å². The second-order valence-corrected chi connectivity index (χ2v) is 11.2. The summed E-state index contributed by atoms with van der Waals surface area (Å²) >= 11 is 5.80. The summed E-state index contributed by atoms with van der Waals surface area (Å²) in [7, 11) is 1.34. The van der Waals surface area contributed by atoms with Gasteiger partial charge < -0.3 is 19.4 Å². The molecule has 0 aliphatic carbocycles. The number of rotatable bonds is 9. The molecule has 1 atom stereocenters. The molecule has 2 heterocycles. The average molecular weight is 620 g/mol. The molecule has 1 N–H and O–H groups in total. The summed E-state index contributed by atoms with van der Waals surface area (Å²) in [4.78, 5) is 17.0. The number of nitrogens with zero attached hydrogens (tertiary/aromatic N) is 2. The van der Waals surface area contributed by atoms with Crippen LogP contribution < -0.4 is 10.1 Å². The normalized spacial score (nSPS) is 14.7. The number of hydrogen-bond acceptors (Lipinski definition) is 5. The molecule has 0 saturated carbocycles. The minimum Gasteiger partial charge on any atom is -0.486 e. The van der Waals surface area contributed by atoms with E-state index < -0.39 is 23.4 Å². The first-order valence-electron chi connectivity index (χ1n) is 14.2. The Hall–Kier alpha value is -4.34. The molecular formula is C34H29ClF3N3O3. The van der Waals surface area contributed by atoms with Crippen LogP contribution in [0.5, 0.6) is 5.75 Å². The second kappa shape index (κ2) is 12.7. The molecule has 10 heteroatoms. The Balaban J connectivity index is 1.26. The van der Waals surface area contributed by atoms with Gasteiger partial charge in [-0.05, 0) is 84.6 Å². The van der Waals surface area contributed by atoms with E-state index in [1.165, 1.54) is 43.5 Å². The van der Waals surface area contributed by atoms with Gasteiger partial charge in [-0.15, -0.1) is 0 Å². The summed E-state index contributed by atoms with van der Waals surface area (Å²) in [5.74, 6) is -1.45. The van der Waals surface area contributed by atoms with Gasteiger partial charge in [0.25, 0.3) is 0 Å². The lowest BCUT2D eigenvalue weighted by Gasteiger charge is -2.16. The van der Waals surface area contributed by atoms with Gasteiger partial charge in [0.2, 0.25) is 0 Å². The summed E-state index contributed by atoms with van der Waals surface area (Å²) in [6, 6.07) is 18.7. The number of carbonyl (C=O) groups is 1. The van der Waals surface area contributed by atoms with Crippen molar-refractivity contribution in [3.8, 4) is 16.9 Å². The van der Waals surface area contributed by atoms with Gasteiger partial charge in [-0.1, -0.05) is 35.9 Å². The number of hydrogen-bond donors (Lipinski definition) is 1. The summed E-state index contributed by atoms with van der Waals surface area (Å²) < 4.78 is 56.8. The third-order valence-electron chi connectivity index (χ3n) is 7.88. The zero-order valence-corrected chi connectivity index (χ0v) is 24.6. The number of esters is 1. The van der Waals surface area contributed by atoms with Gasteiger partial charge in [0.15, 0.2) is 11.6 Å². The number of ether oxygens (including phenoxy) is 2. The van der Waals surface area contributed by atoms with Crippen molar-refractivity contribution in [2.45, 2.75) is 38.5 Å². The van der Waals surface area contributed by atoms with Gasteiger partial charge in [-0.2, -0.15) is 0 Å². The van der Waals surface area contributed by atoms with E-state index in [0.717, 1.165) is 31.0 Å². The van der Waals surface area contributed by atoms with Crippen molar-refractivity contribution in [1.82, 2.24) is 14.9 Å². The summed E-state index contributed by atoms with van der Waals surface area (Å²) in [6.07, 6.45) is 2.31. The molecule has 1 aromatic heterocycles. The zero-order chi connectivity index (χ0) is 30.8. The highest BCUT2D eigenvalue weighted by Crippen LogP contribution is 2.30. The van der Waals surface area contributed by atoms with Gasteiger partial charge in [0, 0.05) is 29.6 Å². The fraction of sp³-hybridized carbons (Fsp3) is 0.235. The fourth-order valence-electron chi connectivity index (χ4n) is 5.52. The molecule has 1 fully saturated rings. The summed E-state index contributed by atoms with van der Waals surface area (Å²) in [5.41, 5.74) is 3.65. The van der Waals surface area contributed by atoms with Crippen molar-refractivity contribution in [2.75, 3.05) is 13.7 Å². The van der Waals surface area contributed by atoms with E-state index in [4.69, 9.17) is 26.1 Å². The van der Waals surface area contributed by atoms with Crippen LogP contribution in [0.25, 0.3) is 22.2 Å². The minimum atomic E-state index is -0.619. The molecule has 1 saturated heterocycles. The highest BCUT2D eigenvalue weighted by Gasteiger charge is 2.21. The van der Waals surface area contributed by atoms with Gasteiger partial charge in [0.1, 0.15) is 24.1 Å². The maximum absolute atomic E-state index is 15.6. The van der Waals surface area contributed by atoms with Crippen molar-refractivity contribution >= 4 is 28.6 Å². The highest BCUT2D eigenvalue weighted by molar-refractivity contribution is 6.30. The number of carbonyl (C=O) groups excluding carboxylic acids is 1. The van der Waals surface area contributed by atoms with Crippen molar-refractivity contribution in [1.29, 1.82) is 0 Å². The lowest BCUT2D eigenvalue weighted by atomic mass is 10.0. The number of nitrogens with one attached hydrogen (secondary N) is 1. The predicted octanol–water partition coefficient (Wildman–Crippen LogP) is 7.48. The molecule has 0 radical (unpaired) electrons. The third kappa shape index (κ3) is 6.30. The Morgan fingerprint density at radius 1 is 0.955 bits per heavy atom. The number of methoxy groups -OCH3 is 1. The quantitative estimate of drug-likeness (QED) is 0.173. The van der Waals surface area contributed by atoms with Crippen LogP contribution in [-0.2, 0) is 24.3 Å². The Morgan fingerprint density at radius 2 is 1.73 bits per heavy atom. The topological polar surface area (TPSA) is 65.4 Å². The minimum absolute atomic E-state index is 0.0816. The average Bonchev–Trinajstić information content (AvgIpc) is 3.66. The molecule has 1 aliphatic heterocycles. The molecule has 0 bridgehead atoms. The molecule has 6 rings (SSSR count). The standard InChI is InChI=1S/C34H29ClF3N3O3/c1-43-34(42)23-8-11-30-31(14-23)41(18-26-3-2-12-39-26)33(40-30)16-22-5-4-20(13-28(22)37)21-7-10-27(36)32(15-21)44-19-24-6-9-25(35)17-29(24)38/h4-11,13-15,17,26,39H,2-3,12,16,18-19H2,1H3/t26-/m0/s1. The molecule has 5 aromatic rings. The monoisotopic (exact) mass is 619 g/mol. The number of benzene rings is 4. The van der Waals surface area contributed by atoms with Gasteiger partial charge in [0.05, 0.1) is 23.7 Å². The highest BCUT2D eigenvalue weighted by atomic mass is 35.5. The number of fused-ring (bicyclic) bond motifs is 1. The Bertz CT molecular complexity index is 1850. The van der Waals surface area contributed by atoms with Crippen LogP contribution >= 0.6 is 11.6 Å². The number of imidazole rings is 1. The molecule has 226 valence electrons. The van der Waals surface area contributed by atoms with E-state index in [0.29, 0.717) is 40.1 Å². The molecule has 1 aliphatic rings. The van der Waals surface area contributed by atoms with Crippen LogP contribution in [0, 0.1) is 17.5 Å².